The number of unbranched alkanes of at least 4 members (excludes halogenated alkanes) is 6. The lowest BCUT2D eigenvalue weighted by molar-refractivity contribution is -0.168. The summed E-state index contributed by atoms with van der Waals surface area (Å²) in [5.41, 5.74) is 0. The second-order valence-electron chi connectivity index (χ2n) is 5.41. The van der Waals surface area contributed by atoms with Crippen molar-refractivity contribution >= 4 is 11.9 Å². The Morgan fingerprint density at radius 3 is 2.05 bits per heavy atom. The largest absolute Gasteiger partial charge is 0.463 e. The highest BCUT2D eigenvalue weighted by Crippen LogP contribution is 2.11. The summed E-state index contributed by atoms with van der Waals surface area (Å²) in [6.07, 6.45) is 8.62. The molecule has 0 aliphatic rings. The first-order chi connectivity index (χ1) is 10.2. The molecule has 0 aromatic carbocycles. The molecule has 21 heavy (non-hydrogen) atoms. The van der Waals surface area contributed by atoms with Crippen molar-refractivity contribution in [2.24, 2.45) is 0 Å². The lowest BCUT2D eigenvalue weighted by atomic mass is 10.1. The van der Waals surface area contributed by atoms with Crippen molar-refractivity contribution in [3.63, 3.8) is 0 Å². The van der Waals surface area contributed by atoms with Crippen molar-refractivity contribution in [1.29, 1.82) is 0 Å². The van der Waals surface area contributed by atoms with Crippen LogP contribution in [0, 0.1) is 0 Å². The minimum atomic E-state index is -0.722. The summed E-state index contributed by atoms with van der Waals surface area (Å²) in [7, 11) is 0. The fourth-order valence-electron chi connectivity index (χ4n) is 2.02. The molecular weight excluding hydrogens is 268 g/mol. The second kappa shape index (κ2) is 13.9. The molecular formula is C17H32O4. The van der Waals surface area contributed by atoms with Gasteiger partial charge >= 0.3 is 11.9 Å². The Morgan fingerprint density at radius 2 is 1.48 bits per heavy atom. The van der Waals surface area contributed by atoms with E-state index < -0.39 is 6.10 Å². The van der Waals surface area contributed by atoms with E-state index in [4.69, 9.17) is 9.47 Å². The molecule has 0 aromatic rings. The van der Waals surface area contributed by atoms with E-state index in [0.29, 0.717) is 13.0 Å². The molecule has 0 rings (SSSR count). The zero-order valence-electron chi connectivity index (χ0n) is 14.0. The molecule has 0 N–H and O–H groups in total. The molecule has 4 heteroatoms. The number of carbonyl (C=O) groups is 2. The Bertz CT molecular complexity index is 276. The monoisotopic (exact) mass is 300 g/mol. The molecule has 0 saturated carbocycles. The van der Waals surface area contributed by atoms with Crippen LogP contribution in [0.1, 0.15) is 85.0 Å². The van der Waals surface area contributed by atoms with Crippen LogP contribution >= 0.6 is 0 Å². The lowest BCUT2D eigenvalue weighted by Gasteiger charge is -2.16. The van der Waals surface area contributed by atoms with Crippen molar-refractivity contribution in [3.05, 3.63) is 0 Å². The number of carbonyl (C=O) groups excluding carboxylic acids is 2. The first-order valence-corrected chi connectivity index (χ1v) is 8.51. The first kappa shape index (κ1) is 19.9. The summed E-state index contributed by atoms with van der Waals surface area (Å²) in [5, 5.41) is 0. The molecule has 0 spiro atoms. The summed E-state index contributed by atoms with van der Waals surface area (Å²) >= 11 is 0. The van der Waals surface area contributed by atoms with Gasteiger partial charge in [-0.25, -0.2) is 4.79 Å². The zero-order chi connectivity index (χ0) is 15.9. The molecule has 0 aromatic heterocycles. The Labute approximate surface area is 129 Å². The number of hydrogen-bond donors (Lipinski definition) is 0. The summed E-state index contributed by atoms with van der Waals surface area (Å²) < 4.78 is 10.4. The van der Waals surface area contributed by atoms with Gasteiger partial charge in [0.2, 0.25) is 0 Å². The smallest absolute Gasteiger partial charge is 0.347 e. The van der Waals surface area contributed by atoms with Crippen molar-refractivity contribution in [2.45, 2.75) is 91.1 Å². The zero-order valence-corrected chi connectivity index (χ0v) is 14.0. The Kier molecular flexibility index (Phi) is 13.2. The van der Waals surface area contributed by atoms with E-state index in [2.05, 4.69) is 13.8 Å². The van der Waals surface area contributed by atoms with Crippen LogP contribution in [-0.2, 0) is 19.1 Å². The fourth-order valence-corrected chi connectivity index (χ4v) is 2.02. The molecule has 1 unspecified atom stereocenters. The third kappa shape index (κ3) is 11.3. The molecule has 0 fully saturated rings. The van der Waals surface area contributed by atoms with E-state index in [1.54, 1.807) is 6.92 Å². The van der Waals surface area contributed by atoms with Gasteiger partial charge in [0.1, 0.15) is 0 Å². The molecule has 4 nitrogen and oxygen atoms in total. The average Bonchev–Trinajstić information content (AvgIpc) is 2.49. The van der Waals surface area contributed by atoms with Crippen LogP contribution in [0.3, 0.4) is 0 Å². The average molecular weight is 300 g/mol. The van der Waals surface area contributed by atoms with Crippen molar-refractivity contribution in [1.82, 2.24) is 0 Å². The Hall–Kier alpha value is -1.06. The van der Waals surface area contributed by atoms with Gasteiger partial charge in [-0.2, -0.15) is 0 Å². The molecule has 124 valence electrons. The van der Waals surface area contributed by atoms with Gasteiger partial charge in [0.05, 0.1) is 6.61 Å². The highest BCUT2D eigenvalue weighted by Gasteiger charge is 2.23. The number of esters is 2. The van der Waals surface area contributed by atoms with Gasteiger partial charge in [0, 0.05) is 6.42 Å². The second-order valence-corrected chi connectivity index (χ2v) is 5.41. The highest BCUT2D eigenvalue weighted by molar-refractivity contribution is 5.79. The maximum absolute atomic E-state index is 12.0. The summed E-state index contributed by atoms with van der Waals surface area (Å²) in [6, 6.07) is 0. The van der Waals surface area contributed by atoms with Gasteiger partial charge < -0.3 is 9.47 Å². The normalized spacial score (nSPS) is 12.0. The molecule has 0 aliphatic carbocycles. The number of hydrogen-bond acceptors (Lipinski definition) is 4. The van der Waals surface area contributed by atoms with E-state index in [-0.39, 0.29) is 18.4 Å². The van der Waals surface area contributed by atoms with Gasteiger partial charge in [-0.05, 0) is 19.3 Å². The molecule has 0 amide bonds. The van der Waals surface area contributed by atoms with Crippen LogP contribution in [0.2, 0.25) is 0 Å². The Morgan fingerprint density at radius 1 is 0.857 bits per heavy atom. The number of rotatable bonds is 13. The third-order valence-corrected chi connectivity index (χ3v) is 3.39. The molecule has 0 saturated heterocycles. The maximum atomic E-state index is 12.0. The van der Waals surface area contributed by atoms with E-state index in [1.807, 2.05) is 0 Å². The van der Waals surface area contributed by atoms with Crippen molar-refractivity contribution < 1.29 is 19.1 Å². The molecule has 0 bridgehead atoms. The minimum absolute atomic E-state index is 0.287. The molecule has 0 aliphatic heterocycles. The van der Waals surface area contributed by atoms with Crippen LogP contribution in [0.4, 0.5) is 0 Å². The van der Waals surface area contributed by atoms with Crippen LogP contribution < -0.4 is 0 Å². The van der Waals surface area contributed by atoms with Gasteiger partial charge in [0.15, 0.2) is 6.10 Å². The van der Waals surface area contributed by atoms with Crippen LogP contribution in [0.25, 0.3) is 0 Å². The predicted octanol–water partition coefficient (Wildman–Crippen LogP) is 4.40. The minimum Gasteiger partial charge on any atom is -0.463 e. The van der Waals surface area contributed by atoms with E-state index in [9.17, 15) is 9.59 Å². The molecule has 0 heterocycles. The first-order valence-electron chi connectivity index (χ1n) is 8.51. The van der Waals surface area contributed by atoms with Gasteiger partial charge in [-0.1, -0.05) is 59.3 Å². The maximum Gasteiger partial charge on any atom is 0.347 e. The van der Waals surface area contributed by atoms with Gasteiger partial charge in [-0.15, -0.1) is 0 Å². The number of ether oxygens (including phenoxy) is 2. The van der Waals surface area contributed by atoms with Crippen LogP contribution in [0.5, 0.6) is 0 Å². The highest BCUT2D eigenvalue weighted by atomic mass is 16.6. The molecule has 0 radical (unpaired) electrons. The third-order valence-electron chi connectivity index (χ3n) is 3.39. The standard InChI is InChI=1S/C17H32O4/c1-4-7-9-11-13-15(21-16(18)6-3)17(19)20-14-12-10-8-5-2/h15H,4-14H2,1-3H3. The Balaban J connectivity index is 4.09. The van der Waals surface area contributed by atoms with Gasteiger partial charge in [0.25, 0.3) is 0 Å². The van der Waals surface area contributed by atoms with Crippen molar-refractivity contribution in [2.75, 3.05) is 6.61 Å². The predicted molar refractivity (Wildman–Crippen MR) is 84.0 cm³/mol. The SMILES string of the molecule is CCCCCCOC(=O)C(CCCCCC)OC(=O)CC. The molecule has 1 atom stereocenters. The quantitative estimate of drug-likeness (QED) is 0.373. The van der Waals surface area contributed by atoms with E-state index in [0.717, 1.165) is 51.4 Å². The topological polar surface area (TPSA) is 52.6 Å². The van der Waals surface area contributed by atoms with Gasteiger partial charge in [-0.3, -0.25) is 4.79 Å². The van der Waals surface area contributed by atoms with Crippen LogP contribution in [0.15, 0.2) is 0 Å². The van der Waals surface area contributed by atoms with Crippen molar-refractivity contribution in [3.8, 4) is 0 Å². The lowest BCUT2D eigenvalue weighted by Crippen LogP contribution is -2.29. The van der Waals surface area contributed by atoms with Crippen LogP contribution in [-0.4, -0.2) is 24.6 Å². The van der Waals surface area contributed by atoms with E-state index in [1.165, 1.54) is 0 Å². The fraction of sp³-hybridized carbons (Fsp3) is 0.882. The summed E-state index contributed by atoms with van der Waals surface area (Å²) in [5.74, 6) is -0.719. The van der Waals surface area contributed by atoms with E-state index >= 15 is 0 Å². The summed E-state index contributed by atoms with van der Waals surface area (Å²) in [4.78, 5) is 23.4. The summed E-state index contributed by atoms with van der Waals surface area (Å²) in [6.45, 7) is 6.43.